The number of methoxy groups -OCH3 is 1. The lowest BCUT2D eigenvalue weighted by Crippen LogP contribution is -2.20. The van der Waals surface area contributed by atoms with Gasteiger partial charge in [-0.2, -0.15) is 0 Å². The Morgan fingerprint density at radius 1 is 0.967 bits per heavy atom. The standard InChI is InChI=1S/C21H19FN2O5S/c1-28-17-6-4-5-15(13-17)24-30(26,27)18-11-9-16(10-12-18)29-14-21(25)23-20-8-3-2-7-19(20)22/h2-13,24H,14H2,1H3,(H,23,25). The van der Waals surface area contributed by atoms with Gasteiger partial charge in [-0.05, 0) is 48.5 Å². The second kappa shape index (κ2) is 9.27. The Hall–Kier alpha value is -3.59. The van der Waals surface area contributed by atoms with E-state index in [1.54, 1.807) is 30.3 Å². The van der Waals surface area contributed by atoms with Crippen LogP contribution in [0, 0.1) is 5.82 Å². The molecule has 30 heavy (non-hydrogen) atoms. The summed E-state index contributed by atoms with van der Waals surface area (Å²) in [6, 6.07) is 17.9. The van der Waals surface area contributed by atoms with Gasteiger partial charge in [0.2, 0.25) is 0 Å². The van der Waals surface area contributed by atoms with Gasteiger partial charge in [-0.3, -0.25) is 9.52 Å². The third-order valence-corrected chi connectivity index (χ3v) is 5.37. The molecule has 0 unspecified atom stereocenters. The summed E-state index contributed by atoms with van der Waals surface area (Å²) in [6.07, 6.45) is 0. The number of hydrogen-bond acceptors (Lipinski definition) is 5. The van der Waals surface area contributed by atoms with Crippen molar-refractivity contribution in [3.05, 3.63) is 78.6 Å². The first-order valence-corrected chi connectivity index (χ1v) is 10.3. The van der Waals surface area contributed by atoms with E-state index in [-0.39, 0.29) is 17.2 Å². The van der Waals surface area contributed by atoms with Crippen LogP contribution >= 0.6 is 0 Å². The average molecular weight is 430 g/mol. The molecule has 0 fully saturated rings. The molecular formula is C21H19FN2O5S. The molecule has 0 aliphatic carbocycles. The van der Waals surface area contributed by atoms with Crippen LogP contribution < -0.4 is 19.5 Å². The van der Waals surface area contributed by atoms with Crippen molar-refractivity contribution < 1.29 is 27.1 Å². The van der Waals surface area contributed by atoms with Gasteiger partial charge in [-0.15, -0.1) is 0 Å². The summed E-state index contributed by atoms with van der Waals surface area (Å²) in [5.41, 5.74) is 0.413. The first-order chi connectivity index (χ1) is 14.4. The van der Waals surface area contributed by atoms with E-state index in [4.69, 9.17) is 9.47 Å². The molecule has 0 heterocycles. The maximum absolute atomic E-state index is 13.5. The number of halogens is 1. The molecule has 0 radical (unpaired) electrons. The van der Waals surface area contributed by atoms with Crippen LogP contribution in [0.4, 0.5) is 15.8 Å². The smallest absolute Gasteiger partial charge is 0.262 e. The molecule has 3 aromatic carbocycles. The zero-order chi connectivity index (χ0) is 21.6. The second-order valence-corrected chi connectivity index (χ2v) is 7.81. The average Bonchev–Trinajstić information content (AvgIpc) is 2.74. The van der Waals surface area contributed by atoms with E-state index < -0.39 is 21.7 Å². The van der Waals surface area contributed by atoms with E-state index in [0.29, 0.717) is 17.2 Å². The highest BCUT2D eigenvalue weighted by Gasteiger charge is 2.15. The van der Waals surface area contributed by atoms with E-state index in [0.717, 1.165) is 0 Å². The lowest BCUT2D eigenvalue weighted by molar-refractivity contribution is -0.118. The van der Waals surface area contributed by atoms with Gasteiger partial charge in [-0.1, -0.05) is 18.2 Å². The molecule has 2 N–H and O–H groups in total. The van der Waals surface area contributed by atoms with Crippen LogP contribution in [-0.2, 0) is 14.8 Å². The molecule has 0 aliphatic heterocycles. The van der Waals surface area contributed by atoms with Crippen LogP contribution in [0.3, 0.4) is 0 Å². The number of rotatable bonds is 8. The van der Waals surface area contributed by atoms with E-state index in [9.17, 15) is 17.6 Å². The lowest BCUT2D eigenvalue weighted by atomic mass is 10.3. The molecule has 0 aromatic heterocycles. The number of hydrogen-bond donors (Lipinski definition) is 2. The maximum Gasteiger partial charge on any atom is 0.262 e. The highest BCUT2D eigenvalue weighted by Crippen LogP contribution is 2.22. The van der Waals surface area contributed by atoms with E-state index in [1.807, 2.05) is 0 Å². The highest BCUT2D eigenvalue weighted by molar-refractivity contribution is 7.92. The van der Waals surface area contributed by atoms with E-state index in [1.165, 1.54) is 49.6 Å². The molecule has 0 saturated carbocycles. The van der Waals surface area contributed by atoms with Gasteiger partial charge in [0.25, 0.3) is 15.9 Å². The van der Waals surface area contributed by atoms with Gasteiger partial charge in [0.1, 0.15) is 17.3 Å². The van der Waals surface area contributed by atoms with Crippen molar-refractivity contribution in [1.82, 2.24) is 0 Å². The van der Waals surface area contributed by atoms with E-state index in [2.05, 4.69) is 10.0 Å². The minimum Gasteiger partial charge on any atom is -0.497 e. The Kier molecular flexibility index (Phi) is 6.53. The summed E-state index contributed by atoms with van der Waals surface area (Å²) in [4.78, 5) is 11.9. The predicted molar refractivity (Wildman–Crippen MR) is 111 cm³/mol. The fourth-order valence-electron chi connectivity index (χ4n) is 2.51. The Morgan fingerprint density at radius 3 is 2.40 bits per heavy atom. The number of anilines is 2. The number of carbonyl (C=O) groups is 1. The normalized spacial score (nSPS) is 10.9. The molecule has 1 amide bonds. The molecule has 0 atom stereocenters. The molecule has 3 aromatic rings. The number of carbonyl (C=O) groups excluding carboxylic acids is 1. The third kappa shape index (κ3) is 5.48. The molecule has 7 nitrogen and oxygen atoms in total. The summed E-state index contributed by atoms with van der Waals surface area (Å²) in [6.45, 7) is -0.359. The Balaban J connectivity index is 1.60. The van der Waals surface area contributed by atoms with Crippen LogP contribution in [-0.4, -0.2) is 28.0 Å². The fraction of sp³-hybridized carbons (Fsp3) is 0.0952. The van der Waals surface area contributed by atoms with Crippen LogP contribution in [0.25, 0.3) is 0 Å². The first kappa shape index (κ1) is 21.1. The Labute approximate surface area is 173 Å². The minimum atomic E-state index is -3.81. The largest absolute Gasteiger partial charge is 0.497 e. The molecule has 0 spiro atoms. The quantitative estimate of drug-likeness (QED) is 0.569. The van der Waals surface area contributed by atoms with Gasteiger partial charge < -0.3 is 14.8 Å². The van der Waals surface area contributed by atoms with Crippen molar-refractivity contribution in [1.29, 1.82) is 0 Å². The van der Waals surface area contributed by atoms with Crippen LogP contribution in [0.2, 0.25) is 0 Å². The van der Waals surface area contributed by atoms with Gasteiger partial charge >= 0.3 is 0 Å². The molecule has 0 saturated heterocycles. The summed E-state index contributed by atoms with van der Waals surface area (Å²) in [5, 5.41) is 2.40. The molecular weight excluding hydrogens is 411 g/mol. The summed E-state index contributed by atoms with van der Waals surface area (Å²) in [5.74, 6) is -0.285. The molecule has 0 bridgehead atoms. The van der Waals surface area contributed by atoms with Gasteiger partial charge in [0, 0.05) is 6.07 Å². The van der Waals surface area contributed by atoms with Crippen LogP contribution in [0.1, 0.15) is 0 Å². The summed E-state index contributed by atoms with van der Waals surface area (Å²) in [7, 11) is -2.32. The highest BCUT2D eigenvalue weighted by atomic mass is 32.2. The SMILES string of the molecule is COc1cccc(NS(=O)(=O)c2ccc(OCC(=O)Nc3ccccc3F)cc2)c1. The first-order valence-electron chi connectivity index (χ1n) is 8.81. The van der Waals surface area contributed by atoms with Crippen LogP contribution in [0.15, 0.2) is 77.7 Å². The van der Waals surface area contributed by atoms with Gasteiger partial charge in [-0.25, -0.2) is 12.8 Å². The Morgan fingerprint density at radius 2 is 1.70 bits per heavy atom. The fourth-order valence-corrected chi connectivity index (χ4v) is 3.56. The van der Waals surface area contributed by atoms with Crippen molar-refractivity contribution in [2.45, 2.75) is 4.90 Å². The number of para-hydroxylation sites is 1. The Bertz CT molecular complexity index is 1130. The predicted octanol–water partition coefficient (Wildman–Crippen LogP) is 3.65. The summed E-state index contributed by atoms with van der Waals surface area (Å²) < 4.78 is 51.5. The monoisotopic (exact) mass is 430 g/mol. The van der Waals surface area contributed by atoms with E-state index >= 15 is 0 Å². The molecule has 156 valence electrons. The topological polar surface area (TPSA) is 93.7 Å². The zero-order valence-electron chi connectivity index (χ0n) is 16.0. The van der Waals surface area contributed by atoms with Crippen molar-refractivity contribution in [2.24, 2.45) is 0 Å². The minimum absolute atomic E-state index is 0.0217. The van der Waals surface area contributed by atoms with Gasteiger partial charge in [0.15, 0.2) is 6.61 Å². The maximum atomic E-state index is 13.5. The molecule has 9 heteroatoms. The van der Waals surface area contributed by atoms with Crippen molar-refractivity contribution in [3.63, 3.8) is 0 Å². The lowest BCUT2D eigenvalue weighted by Gasteiger charge is -2.11. The number of amides is 1. The summed E-state index contributed by atoms with van der Waals surface area (Å²) >= 11 is 0. The van der Waals surface area contributed by atoms with Gasteiger partial charge in [0.05, 0.1) is 23.4 Å². The number of benzene rings is 3. The van der Waals surface area contributed by atoms with Crippen molar-refractivity contribution in [2.75, 3.05) is 23.8 Å². The van der Waals surface area contributed by atoms with Crippen LogP contribution in [0.5, 0.6) is 11.5 Å². The molecule has 0 aliphatic rings. The number of nitrogens with one attached hydrogen (secondary N) is 2. The third-order valence-electron chi connectivity index (χ3n) is 3.97. The number of sulfonamides is 1. The van der Waals surface area contributed by atoms with Crippen molar-refractivity contribution >= 4 is 27.3 Å². The molecule has 3 rings (SSSR count). The number of ether oxygens (including phenoxy) is 2. The second-order valence-electron chi connectivity index (χ2n) is 6.13. The van der Waals surface area contributed by atoms with Crippen molar-refractivity contribution in [3.8, 4) is 11.5 Å². The zero-order valence-corrected chi connectivity index (χ0v) is 16.8.